The largest absolute Gasteiger partial charge is 0.484 e. The summed E-state index contributed by atoms with van der Waals surface area (Å²) in [4.78, 5) is 16.2. The van der Waals surface area contributed by atoms with Gasteiger partial charge in [-0.25, -0.2) is 4.99 Å². The fraction of sp³-hybridized carbons (Fsp3) is 0.579. The third kappa shape index (κ3) is 7.03. The second-order valence-corrected chi connectivity index (χ2v) is 6.21. The Bertz CT molecular complexity index is 568. The first-order valence-corrected chi connectivity index (χ1v) is 9.24. The van der Waals surface area contributed by atoms with Gasteiger partial charge in [-0.2, -0.15) is 0 Å². The van der Waals surface area contributed by atoms with Crippen molar-refractivity contribution in [2.24, 2.45) is 4.99 Å². The lowest BCUT2D eigenvalue weighted by atomic mass is 10.2. The van der Waals surface area contributed by atoms with Gasteiger partial charge in [0, 0.05) is 19.1 Å². The molecule has 1 aromatic rings. The zero-order chi connectivity index (χ0) is 17.9. The molecule has 1 aliphatic carbocycles. The van der Waals surface area contributed by atoms with Crippen LogP contribution >= 0.6 is 0 Å². The average molecular weight is 346 g/mol. The van der Waals surface area contributed by atoms with Gasteiger partial charge in [0.25, 0.3) is 5.91 Å². The van der Waals surface area contributed by atoms with Crippen LogP contribution in [0.3, 0.4) is 0 Å². The molecule has 0 aliphatic heterocycles. The Morgan fingerprint density at radius 1 is 1.20 bits per heavy atom. The van der Waals surface area contributed by atoms with Gasteiger partial charge in [0.1, 0.15) is 5.75 Å². The Morgan fingerprint density at radius 3 is 2.68 bits per heavy atom. The van der Waals surface area contributed by atoms with E-state index in [2.05, 4.69) is 27.9 Å². The molecule has 0 heterocycles. The first-order chi connectivity index (χ1) is 12.2. The second-order valence-electron chi connectivity index (χ2n) is 6.21. The molecule has 0 saturated heterocycles. The van der Waals surface area contributed by atoms with Crippen LogP contribution in [0.5, 0.6) is 5.75 Å². The molecule has 0 unspecified atom stereocenters. The van der Waals surface area contributed by atoms with Gasteiger partial charge in [0.05, 0.1) is 6.54 Å². The lowest BCUT2D eigenvalue weighted by Gasteiger charge is -2.16. The quantitative estimate of drug-likeness (QED) is 0.498. The van der Waals surface area contributed by atoms with Crippen LogP contribution in [0.15, 0.2) is 29.3 Å². The summed E-state index contributed by atoms with van der Waals surface area (Å²) in [5.74, 6) is 1.44. The van der Waals surface area contributed by atoms with E-state index >= 15 is 0 Å². The summed E-state index contributed by atoms with van der Waals surface area (Å²) in [6.45, 7) is 6.01. The minimum atomic E-state index is -0.110. The van der Waals surface area contributed by atoms with Crippen molar-refractivity contribution in [2.75, 3.05) is 19.7 Å². The summed E-state index contributed by atoms with van der Waals surface area (Å²) in [6.07, 6.45) is 5.02. The molecule has 0 atom stereocenters. The Hall–Kier alpha value is -2.24. The highest BCUT2D eigenvalue weighted by atomic mass is 16.5. The molecule has 1 aliphatic rings. The summed E-state index contributed by atoms with van der Waals surface area (Å²) in [7, 11) is 0. The van der Waals surface area contributed by atoms with Crippen LogP contribution in [0, 0.1) is 0 Å². The van der Waals surface area contributed by atoms with Crippen molar-refractivity contribution in [1.29, 1.82) is 0 Å². The van der Waals surface area contributed by atoms with Crippen molar-refractivity contribution >= 4 is 11.9 Å². The minimum absolute atomic E-state index is 0.0342. The van der Waals surface area contributed by atoms with Gasteiger partial charge in [-0.1, -0.05) is 25.0 Å². The molecule has 6 heteroatoms. The van der Waals surface area contributed by atoms with Crippen molar-refractivity contribution in [2.45, 2.75) is 52.1 Å². The number of likely N-dealkylation sites (N-methyl/N-ethyl adjacent to an activating group) is 1. The number of nitrogens with zero attached hydrogens (tertiary/aromatic N) is 1. The van der Waals surface area contributed by atoms with E-state index < -0.39 is 0 Å². The number of ether oxygens (including phenoxy) is 1. The van der Waals surface area contributed by atoms with Crippen molar-refractivity contribution in [3.05, 3.63) is 29.8 Å². The number of benzene rings is 1. The number of guanidine groups is 1. The highest BCUT2D eigenvalue weighted by Crippen LogP contribution is 2.17. The number of carbonyl (C=O) groups excluding carboxylic acids is 1. The molecular formula is C19H30N4O2. The number of carbonyl (C=O) groups is 1. The molecular weight excluding hydrogens is 316 g/mol. The molecule has 138 valence electrons. The second kappa shape index (κ2) is 10.6. The normalized spacial score (nSPS) is 15.0. The molecule has 6 nitrogen and oxygen atoms in total. The fourth-order valence-electron chi connectivity index (χ4n) is 2.88. The molecule has 1 saturated carbocycles. The molecule has 3 N–H and O–H groups in total. The maximum Gasteiger partial charge on any atom is 0.257 e. The topological polar surface area (TPSA) is 74.8 Å². The molecule has 1 amide bonds. The van der Waals surface area contributed by atoms with Gasteiger partial charge in [-0.3, -0.25) is 4.79 Å². The summed E-state index contributed by atoms with van der Waals surface area (Å²) in [5, 5.41) is 9.53. The number of aliphatic imine (C=N–C) groups is 1. The standard InChI is InChI=1S/C19H30N4O2/c1-3-20-18(24)14-25-17-11-7-8-15(12-17)13-22-19(21-4-2)23-16-9-5-6-10-16/h7-8,11-12,16H,3-6,9-10,13-14H2,1-2H3,(H,20,24)(H2,21,22,23). The van der Waals surface area contributed by atoms with E-state index in [1.54, 1.807) is 0 Å². The lowest BCUT2D eigenvalue weighted by Crippen LogP contribution is -2.42. The highest BCUT2D eigenvalue weighted by Gasteiger charge is 2.15. The van der Waals surface area contributed by atoms with Gasteiger partial charge in [0.15, 0.2) is 12.6 Å². The van der Waals surface area contributed by atoms with Crippen molar-refractivity contribution in [3.63, 3.8) is 0 Å². The summed E-state index contributed by atoms with van der Waals surface area (Å²) in [6, 6.07) is 8.26. The van der Waals surface area contributed by atoms with E-state index in [0.717, 1.165) is 18.1 Å². The molecule has 0 radical (unpaired) electrons. The van der Waals surface area contributed by atoms with Crippen LogP contribution in [0.2, 0.25) is 0 Å². The van der Waals surface area contributed by atoms with Gasteiger partial charge >= 0.3 is 0 Å². The van der Waals surface area contributed by atoms with Crippen molar-refractivity contribution < 1.29 is 9.53 Å². The van der Waals surface area contributed by atoms with E-state index in [1.807, 2.05) is 31.2 Å². The summed E-state index contributed by atoms with van der Waals surface area (Å²) >= 11 is 0. The zero-order valence-electron chi connectivity index (χ0n) is 15.3. The number of hydrogen-bond acceptors (Lipinski definition) is 3. The summed E-state index contributed by atoms with van der Waals surface area (Å²) in [5.41, 5.74) is 1.05. The number of rotatable bonds is 8. The highest BCUT2D eigenvalue weighted by molar-refractivity contribution is 5.80. The zero-order valence-corrected chi connectivity index (χ0v) is 15.3. The van der Waals surface area contributed by atoms with E-state index in [4.69, 9.17) is 4.74 Å². The predicted octanol–water partition coefficient (Wildman–Crippen LogP) is 2.20. The van der Waals surface area contributed by atoms with Crippen LogP contribution in [-0.4, -0.2) is 37.6 Å². The Morgan fingerprint density at radius 2 is 1.96 bits per heavy atom. The van der Waals surface area contributed by atoms with Gasteiger partial charge in [-0.05, 0) is 44.4 Å². The Kier molecular flexibility index (Phi) is 8.09. The first-order valence-electron chi connectivity index (χ1n) is 9.24. The van der Waals surface area contributed by atoms with Crippen molar-refractivity contribution in [1.82, 2.24) is 16.0 Å². The lowest BCUT2D eigenvalue weighted by molar-refractivity contribution is -0.122. The molecule has 2 rings (SSSR count). The van der Waals surface area contributed by atoms with Crippen LogP contribution in [0.4, 0.5) is 0 Å². The van der Waals surface area contributed by atoms with Crippen LogP contribution in [-0.2, 0) is 11.3 Å². The third-order valence-electron chi connectivity index (χ3n) is 4.10. The number of amides is 1. The monoisotopic (exact) mass is 346 g/mol. The summed E-state index contributed by atoms with van der Waals surface area (Å²) < 4.78 is 5.53. The Balaban J connectivity index is 1.90. The van der Waals surface area contributed by atoms with E-state index in [1.165, 1.54) is 25.7 Å². The molecule has 25 heavy (non-hydrogen) atoms. The number of hydrogen-bond donors (Lipinski definition) is 3. The molecule has 0 spiro atoms. The maximum atomic E-state index is 11.5. The van der Waals surface area contributed by atoms with E-state index in [0.29, 0.717) is 24.9 Å². The van der Waals surface area contributed by atoms with E-state index in [9.17, 15) is 4.79 Å². The fourth-order valence-corrected chi connectivity index (χ4v) is 2.88. The minimum Gasteiger partial charge on any atom is -0.484 e. The van der Waals surface area contributed by atoms with Gasteiger partial charge in [-0.15, -0.1) is 0 Å². The van der Waals surface area contributed by atoms with Gasteiger partial charge in [0.2, 0.25) is 0 Å². The first kappa shape index (κ1) is 19.1. The third-order valence-corrected chi connectivity index (χ3v) is 4.10. The average Bonchev–Trinajstić information content (AvgIpc) is 3.12. The smallest absolute Gasteiger partial charge is 0.257 e. The molecule has 1 aromatic carbocycles. The van der Waals surface area contributed by atoms with Crippen LogP contribution < -0.4 is 20.7 Å². The number of nitrogens with one attached hydrogen (secondary N) is 3. The SMILES string of the molecule is CCNC(=O)COc1cccc(CN=C(NCC)NC2CCCC2)c1. The van der Waals surface area contributed by atoms with E-state index in [-0.39, 0.29) is 12.5 Å². The molecule has 1 fully saturated rings. The molecule has 0 aromatic heterocycles. The van der Waals surface area contributed by atoms with Crippen LogP contribution in [0.25, 0.3) is 0 Å². The predicted molar refractivity (Wildman–Crippen MR) is 101 cm³/mol. The maximum absolute atomic E-state index is 11.5. The molecule has 0 bridgehead atoms. The Labute approximate surface area is 150 Å². The van der Waals surface area contributed by atoms with Crippen molar-refractivity contribution in [3.8, 4) is 5.75 Å². The van der Waals surface area contributed by atoms with Gasteiger partial charge < -0.3 is 20.7 Å². The van der Waals surface area contributed by atoms with Crippen LogP contribution in [0.1, 0.15) is 45.1 Å².